The summed E-state index contributed by atoms with van der Waals surface area (Å²) >= 11 is 0. The van der Waals surface area contributed by atoms with E-state index in [1.807, 2.05) is 27.7 Å². The summed E-state index contributed by atoms with van der Waals surface area (Å²) in [5.74, 6) is 0.195. The Hall–Kier alpha value is -1.62. The lowest BCUT2D eigenvalue weighted by Gasteiger charge is -2.19. The lowest BCUT2D eigenvalue weighted by atomic mass is 9.90. The monoisotopic (exact) mass is 265 g/mol. The second kappa shape index (κ2) is 6.02. The first-order valence-electron chi connectivity index (χ1n) is 6.32. The SMILES string of the molecule is COCC(C)NC(=O)c1cc(N)nc(C(C)(C)C)c1. The molecule has 0 saturated carbocycles. The highest BCUT2D eigenvalue weighted by atomic mass is 16.5. The van der Waals surface area contributed by atoms with Gasteiger partial charge in [-0.1, -0.05) is 20.8 Å². The normalized spacial score (nSPS) is 13.1. The van der Waals surface area contributed by atoms with Gasteiger partial charge in [-0.05, 0) is 19.1 Å². The maximum absolute atomic E-state index is 12.1. The van der Waals surface area contributed by atoms with Crippen molar-refractivity contribution in [1.29, 1.82) is 0 Å². The van der Waals surface area contributed by atoms with E-state index in [1.165, 1.54) is 0 Å². The van der Waals surface area contributed by atoms with Crippen LogP contribution in [0.5, 0.6) is 0 Å². The van der Waals surface area contributed by atoms with Crippen LogP contribution in [0.2, 0.25) is 0 Å². The fraction of sp³-hybridized carbons (Fsp3) is 0.571. The number of nitrogens with one attached hydrogen (secondary N) is 1. The number of hydrogen-bond acceptors (Lipinski definition) is 4. The van der Waals surface area contributed by atoms with E-state index in [-0.39, 0.29) is 17.4 Å². The molecule has 5 nitrogen and oxygen atoms in total. The Kier molecular flexibility index (Phi) is 4.89. The minimum Gasteiger partial charge on any atom is -0.384 e. The first-order chi connectivity index (χ1) is 8.74. The fourth-order valence-electron chi connectivity index (χ4n) is 1.67. The summed E-state index contributed by atoms with van der Waals surface area (Å²) in [5.41, 5.74) is 6.95. The van der Waals surface area contributed by atoms with Crippen molar-refractivity contribution in [2.24, 2.45) is 0 Å². The molecule has 1 aromatic heterocycles. The zero-order valence-electron chi connectivity index (χ0n) is 12.3. The predicted octanol–water partition coefficient (Wildman–Crippen LogP) is 1.73. The molecule has 1 unspecified atom stereocenters. The number of nitrogen functional groups attached to an aromatic ring is 1. The number of carbonyl (C=O) groups excluding carboxylic acids is 1. The van der Waals surface area contributed by atoms with Gasteiger partial charge >= 0.3 is 0 Å². The van der Waals surface area contributed by atoms with Crippen molar-refractivity contribution >= 4 is 11.7 Å². The molecule has 3 N–H and O–H groups in total. The number of pyridine rings is 1. The second-order valence-corrected chi connectivity index (χ2v) is 5.75. The standard InChI is InChI=1S/C14H23N3O2/c1-9(8-19-5)16-13(18)10-6-11(14(2,3)4)17-12(15)7-10/h6-7,9H,8H2,1-5H3,(H2,15,17)(H,16,18). The van der Waals surface area contributed by atoms with Gasteiger partial charge in [-0.2, -0.15) is 0 Å². The number of nitrogens with zero attached hydrogens (tertiary/aromatic N) is 1. The molecule has 0 aromatic carbocycles. The summed E-state index contributed by atoms with van der Waals surface area (Å²) < 4.78 is 4.99. The highest BCUT2D eigenvalue weighted by molar-refractivity contribution is 5.95. The van der Waals surface area contributed by atoms with E-state index >= 15 is 0 Å². The average molecular weight is 265 g/mol. The molecule has 0 fully saturated rings. The van der Waals surface area contributed by atoms with Crippen molar-refractivity contribution in [2.75, 3.05) is 19.5 Å². The number of ether oxygens (including phenoxy) is 1. The Labute approximate surface area is 114 Å². The number of methoxy groups -OCH3 is 1. The third-order valence-electron chi connectivity index (χ3n) is 2.67. The van der Waals surface area contributed by atoms with Crippen LogP contribution in [0.3, 0.4) is 0 Å². The maximum Gasteiger partial charge on any atom is 0.251 e. The summed E-state index contributed by atoms with van der Waals surface area (Å²) in [6, 6.07) is 3.32. The van der Waals surface area contributed by atoms with Gasteiger partial charge < -0.3 is 15.8 Å². The molecular formula is C14H23N3O2. The van der Waals surface area contributed by atoms with Gasteiger partial charge in [0.15, 0.2) is 0 Å². The van der Waals surface area contributed by atoms with Crippen LogP contribution < -0.4 is 11.1 Å². The average Bonchev–Trinajstić information content (AvgIpc) is 2.27. The molecular weight excluding hydrogens is 242 g/mol. The molecule has 19 heavy (non-hydrogen) atoms. The van der Waals surface area contributed by atoms with E-state index in [2.05, 4.69) is 10.3 Å². The Morgan fingerprint density at radius 2 is 2.11 bits per heavy atom. The van der Waals surface area contributed by atoms with Crippen LogP contribution in [0.15, 0.2) is 12.1 Å². The van der Waals surface area contributed by atoms with Gasteiger partial charge in [0, 0.05) is 29.8 Å². The Balaban J connectivity index is 2.95. The van der Waals surface area contributed by atoms with Crippen LogP contribution >= 0.6 is 0 Å². The minimum atomic E-state index is -0.163. The van der Waals surface area contributed by atoms with Crippen molar-refractivity contribution in [1.82, 2.24) is 10.3 Å². The van der Waals surface area contributed by atoms with Gasteiger partial charge in [-0.25, -0.2) is 4.98 Å². The molecule has 0 aliphatic heterocycles. The lowest BCUT2D eigenvalue weighted by Crippen LogP contribution is -2.35. The third-order valence-corrected chi connectivity index (χ3v) is 2.67. The van der Waals surface area contributed by atoms with E-state index in [0.717, 1.165) is 5.69 Å². The van der Waals surface area contributed by atoms with Gasteiger partial charge in [0.2, 0.25) is 0 Å². The van der Waals surface area contributed by atoms with Crippen LogP contribution in [0, 0.1) is 0 Å². The van der Waals surface area contributed by atoms with Crippen molar-refractivity contribution < 1.29 is 9.53 Å². The molecule has 0 aliphatic rings. The van der Waals surface area contributed by atoms with Crippen LogP contribution in [0.1, 0.15) is 43.7 Å². The van der Waals surface area contributed by atoms with Crippen molar-refractivity contribution in [2.45, 2.75) is 39.2 Å². The van der Waals surface area contributed by atoms with Crippen LogP contribution in [-0.4, -0.2) is 30.6 Å². The molecule has 0 aliphatic carbocycles. The molecule has 1 amide bonds. The Bertz CT molecular complexity index is 452. The molecule has 1 aromatic rings. The number of nitrogens with two attached hydrogens (primary N) is 1. The number of hydrogen-bond donors (Lipinski definition) is 2. The summed E-state index contributed by atoms with van der Waals surface area (Å²) in [6.45, 7) is 8.45. The number of anilines is 1. The zero-order valence-corrected chi connectivity index (χ0v) is 12.3. The lowest BCUT2D eigenvalue weighted by molar-refractivity contribution is 0.0905. The number of amides is 1. The van der Waals surface area contributed by atoms with Crippen molar-refractivity contribution in [3.05, 3.63) is 23.4 Å². The molecule has 0 saturated heterocycles. The zero-order chi connectivity index (χ0) is 14.6. The molecule has 0 bridgehead atoms. The van der Waals surface area contributed by atoms with Gasteiger partial charge in [-0.3, -0.25) is 4.79 Å². The molecule has 0 radical (unpaired) electrons. The molecule has 1 atom stereocenters. The largest absolute Gasteiger partial charge is 0.384 e. The molecule has 0 spiro atoms. The van der Waals surface area contributed by atoms with Crippen LogP contribution in [0.4, 0.5) is 5.82 Å². The van der Waals surface area contributed by atoms with E-state index in [1.54, 1.807) is 19.2 Å². The highest BCUT2D eigenvalue weighted by Crippen LogP contribution is 2.22. The van der Waals surface area contributed by atoms with E-state index < -0.39 is 0 Å². The smallest absolute Gasteiger partial charge is 0.251 e. The quantitative estimate of drug-likeness (QED) is 0.869. The van der Waals surface area contributed by atoms with Crippen molar-refractivity contribution in [3.63, 3.8) is 0 Å². The third kappa shape index (κ3) is 4.52. The minimum absolute atomic E-state index is 0.0509. The van der Waals surface area contributed by atoms with Crippen molar-refractivity contribution in [3.8, 4) is 0 Å². The molecule has 1 rings (SSSR count). The second-order valence-electron chi connectivity index (χ2n) is 5.75. The van der Waals surface area contributed by atoms with E-state index in [0.29, 0.717) is 18.0 Å². The van der Waals surface area contributed by atoms with Gasteiger partial charge in [-0.15, -0.1) is 0 Å². The van der Waals surface area contributed by atoms with Gasteiger partial charge in [0.05, 0.1) is 6.61 Å². The highest BCUT2D eigenvalue weighted by Gasteiger charge is 2.19. The number of carbonyl (C=O) groups is 1. The van der Waals surface area contributed by atoms with Crippen LogP contribution in [0.25, 0.3) is 0 Å². The summed E-state index contributed by atoms with van der Waals surface area (Å²) in [6.07, 6.45) is 0. The summed E-state index contributed by atoms with van der Waals surface area (Å²) in [7, 11) is 1.60. The topological polar surface area (TPSA) is 77.2 Å². The number of aromatic nitrogens is 1. The van der Waals surface area contributed by atoms with E-state index in [9.17, 15) is 4.79 Å². The molecule has 5 heteroatoms. The maximum atomic E-state index is 12.1. The Morgan fingerprint density at radius 1 is 1.47 bits per heavy atom. The summed E-state index contributed by atoms with van der Waals surface area (Å²) in [4.78, 5) is 16.4. The number of rotatable bonds is 4. The molecule has 106 valence electrons. The molecule has 1 heterocycles. The first kappa shape index (κ1) is 15.4. The van der Waals surface area contributed by atoms with Crippen LogP contribution in [-0.2, 0) is 10.2 Å². The van der Waals surface area contributed by atoms with Gasteiger partial charge in [0.25, 0.3) is 5.91 Å². The first-order valence-corrected chi connectivity index (χ1v) is 6.32. The summed E-state index contributed by atoms with van der Waals surface area (Å²) in [5, 5.41) is 2.86. The predicted molar refractivity (Wildman–Crippen MR) is 76.2 cm³/mol. The van der Waals surface area contributed by atoms with E-state index in [4.69, 9.17) is 10.5 Å². The fourth-order valence-corrected chi connectivity index (χ4v) is 1.67. The van der Waals surface area contributed by atoms with Gasteiger partial charge in [0.1, 0.15) is 5.82 Å². The Morgan fingerprint density at radius 3 is 2.63 bits per heavy atom.